The summed E-state index contributed by atoms with van der Waals surface area (Å²) >= 11 is 0. The molecule has 0 N–H and O–H groups in total. The third-order valence-corrected chi connectivity index (χ3v) is 3.69. The molecule has 0 atom stereocenters. The maximum Gasteiger partial charge on any atom is 0.317 e. The second-order valence-corrected chi connectivity index (χ2v) is 5.05. The van der Waals surface area contributed by atoms with Gasteiger partial charge in [-0.05, 0) is 29.8 Å². The van der Waals surface area contributed by atoms with Gasteiger partial charge in [0.05, 0.1) is 29.2 Å². The van der Waals surface area contributed by atoms with E-state index in [-0.39, 0.29) is 0 Å². The van der Waals surface area contributed by atoms with Crippen molar-refractivity contribution in [1.29, 1.82) is 5.26 Å². The van der Waals surface area contributed by atoms with Crippen LogP contribution in [0.3, 0.4) is 0 Å². The van der Waals surface area contributed by atoms with E-state index in [1.165, 1.54) is 9.13 Å². The molecule has 1 aromatic heterocycles. The Morgan fingerprint density at radius 2 is 1.59 bits per heavy atom. The molecule has 0 unspecified atom stereocenters. The Labute approximate surface area is 126 Å². The number of hydrogen-bond acceptors (Lipinski definition) is 3. The van der Waals surface area contributed by atoms with Crippen LogP contribution in [0.5, 0.6) is 0 Å². The zero-order valence-electron chi connectivity index (χ0n) is 12.0. The number of hydrogen-bond donors (Lipinski definition) is 0. The number of aromatic nitrogens is 2. The summed E-state index contributed by atoms with van der Waals surface area (Å²) in [5, 5.41) is 8.82. The predicted octanol–water partition coefficient (Wildman–Crippen LogP) is 1.62. The number of para-hydroxylation sites is 2. The van der Waals surface area contributed by atoms with Gasteiger partial charge in [0.1, 0.15) is 0 Å². The molecule has 1 heterocycles. The van der Waals surface area contributed by atoms with E-state index in [1.807, 2.05) is 24.3 Å². The first kappa shape index (κ1) is 13.8. The summed E-state index contributed by atoms with van der Waals surface area (Å²) in [6.07, 6.45) is 0. The van der Waals surface area contributed by atoms with E-state index >= 15 is 0 Å². The fourth-order valence-corrected chi connectivity index (χ4v) is 2.48. The molecule has 0 fully saturated rings. The van der Waals surface area contributed by atoms with Gasteiger partial charge < -0.3 is 4.57 Å². The van der Waals surface area contributed by atoms with Crippen LogP contribution in [-0.4, -0.2) is 9.13 Å². The van der Waals surface area contributed by atoms with E-state index in [4.69, 9.17) is 5.26 Å². The Hall–Kier alpha value is -3.13. The van der Waals surface area contributed by atoms with Crippen molar-refractivity contribution in [2.24, 2.45) is 7.05 Å². The first-order valence-electron chi connectivity index (χ1n) is 6.79. The highest BCUT2D eigenvalue weighted by molar-refractivity contribution is 5.75. The van der Waals surface area contributed by atoms with Gasteiger partial charge in [0.15, 0.2) is 0 Å². The van der Waals surface area contributed by atoms with Crippen molar-refractivity contribution in [2.45, 2.75) is 6.54 Å². The Bertz CT molecular complexity index is 1010. The fraction of sp³-hybridized carbons (Fsp3) is 0.118. The second kappa shape index (κ2) is 5.34. The van der Waals surface area contributed by atoms with E-state index in [0.29, 0.717) is 23.1 Å². The maximum absolute atomic E-state index is 12.3. The number of nitriles is 1. The zero-order valence-corrected chi connectivity index (χ0v) is 12.0. The van der Waals surface area contributed by atoms with Crippen LogP contribution in [0.4, 0.5) is 0 Å². The summed E-state index contributed by atoms with van der Waals surface area (Å²) < 4.78 is 2.84. The van der Waals surface area contributed by atoms with Gasteiger partial charge in [0.25, 0.3) is 0 Å². The molecule has 0 aliphatic heterocycles. The second-order valence-electron chi connectivity index (χ2n) is 5.05. The van der Waals surface area contributed by atoms with Crippen molar-refractivity contribution in [3.8, 4) is 6.07 Å². The van der Waals surface area contributed by atoms with Crippen LogP contribution in [0.1, 0.15) is 11.1 Å². The van der Waals surface area contributed by atoms with Crippen LogP contribution in [0.2, 0.25) is 0 Å². The lowest BCUT2D eigenvalue weighted by molar-refractivity contribution is 0.742. The maximum atomic E-state index is 12.3. The molecule has 0 amide bonds. The van der Waals surface area contributed by atoms with Crippen LogP contribution >= 0.6 is 0 Å². The number of benzene rings is 2. The molecule has 0 aliphatic carbocycles. The highest BCUT2D eigenvalue weighted by Crippen LogP contribution is 2.12. The highest BCUT2D eigenvalue weighted by Gasteiger charge is 2.10. The van der Waals surface area contributed by atoms with E-state index in [0.717, 1.165) is 5.56 Å². The van der Waals surface area contributed by atoms with Crippen LogP contribution in [0.25, 0.3) is 11.0 Å². The summed E-state index contributed by atoms with van der Waals surface area (Å²) in [5.41, 5.74) is 1.74. The van der Waals surface area contributed by atoms with Gasteiger partial charge >= 0.3 is 11.1 Å². The molecular formula is C17H13N3O2. The van der Waals surface area contributed by atoms with Crippen LogP contribution in [0.15, 0.2) is 58.1 Å². The lowest BCUT2D eigenvalue weighted by atomic mass is 10.1. The molecule has 0 spiro atoms. The summed E-state index contributed by atoms with van der Waals surface area (Å²) in [6.45, 7) is 0.293. The molecule has 0 radical (unpaired) electrons. The van der Waals surface area contributed by atoms with Crippen molar-refractivity contribution in [3.63, 3.8) is 0 Å². The number of fused-ring (bicyclic) bond motifs is 1. The quantitative estimate of drug-likeness (QED) is 0.674. The summed E-state index contributed by atoms with van der Waals surface area (Å²) in [4.78, 5) is 24.4. The minimum absolute atomic E-state index is 0.293. The predicted molar refractivity (Wildman–Crippen MR) is 83.7 cm³/mol. The zero-order chi connectivity index (χ0) is 15.7. The Balaban J connectivity index is 2.20. The van der Waals surface area contributed by atoms with Gasteiger partial charge in [0.2, 0.25) is 0 Å². The van der Waals surface area contributed by atoms with Crippen molar-refractivity contribution >= 4 is 11.0 Å². The topological polar surface area (TPSA) is 67.8 Å². The number of aryl methyl sites for hydroxylation is 1. The standard InChI is InChI=1S/C17H13N3O2/c1-19-14-4-2-3-5-15(14)20(17(22)16(19)21)11-13-8-6-12(10-18)7-9-13/h2-9H,11H2,1H3. The third-order valence-electron chi connectivity index (χ3n) is 3.69. The lowest BCUT2D eigenvalue weighted by Crippen LogP contribution is -2.40. The van der Waals surface area contributed by atoms with Gasteiger partial charge in [-0.25, -0.2) is 0 Å². The summed E-state index contributed by atoms with van der Waals surface area (Å²) in [7, 11) is 1.60. The molecule has 3 aromatic rings. The van der Waals surface area contributed by atoms with Gasteiger partial charge in [-0.15, -0.1) is 0 Å². The molecule has 0 bridgehead atoms. The van der Waals surface area contributed by atoms with E-state index in [2.05, 4.69) is 6.07 Å². The number of nitrogens with zero attached hydrogens (tertiary/aromatic N) is 3. The fourth-order valence-electron chi connectivity index (χ4n) is 2.48. The lowest BCUT2D eigenvalue weighted by Gasteiger charge is -2.12. The normalized spacial score (nSPS) is 10.5. The molecule has 0 aliphatic rings. The van der Waals surface area contributed by atoms with E-state index in [9.17, 15) is 9.59 Å². The van der Waals surface area contributed by atoms with Crippen LogP contribution in [-0.2, 0) is 13.6 Å². The summed E-state index contributed by atoms with van der Waals surface area (Å²) in [6, 6.07) is 16.3. The van der Waals surface area contributed by atoms with Gasteiger partial charge in [-0.3, -0.25) is 14.2 Å². The molecule has 2 aromatic carbocycles. The average molecular weight is 291 g/mol. The molecule has 108 valence electrons. The average Bonchev–Trinajstić information content (AvgIpc) is 2.57. The molecule has 22 heavy (non-hydrogen) atoms. The summed E-state index contributed by atoms with van der Waals surface area (Å²) in [5.74, 6) is 0. The Morgan fingerprint density at radius 3 is 2.23 bits per heavy atom. The monoisotopic (exact) mass is 291 g/mol. The van der Waals surface area contributed by atoms with E-state index < -0.39 is 11.1 Å². The van der Waals surface area contributed by atoms with Crippen molar-refractivity contribution in [1.82, 2.24) is 9.13 Å². The minimum Gasteiger partial charge on any atom is -0.305 e. The minimum atomic E-state index is -0.550. The van der Waals surface area contributed by atoms with Crippen molar-refractivity contribution in [3.05, 3.63) is 80.4 Å². The molecule has 0 saturated carbocycles. The van der Waals surface area contributed by atoms with Gasteiger partial charge in [-0.1, -0.05) is 24.3 Å². The molecule has 5 nitrogen and oxygen atoms in total. The molecule has 3 rings (SSSR count). The first-order valence-corrected chi connectivity index (χ1v) is 6.79. The Morgan fingerprint density at radius 1 is 0.955 bits per heavy atom. The number of rotatable bonds is 2. The van der Waals surface area contributed by atoms with Crippen LogP contribution < -0.4 is 11.1 Å². The molecular weight excluding hydrogens is 278 g/mol. The smallest absolute Gasteiger partial charge is 0.305 e. The first-order chi connectivity index (χ1) is 10.6. The van der Waals surface area contributed by atoms with Crippen LogP contribution in [0, 0.1) is 11.3 Å². The van der Waals surface area contributed by atoms with Crippen molar-refractivity contribution < 1.29 is 0 Å². The SMILES string of the molecule is Cn1c(=O)c(=O)n(Cc2ccc(C#N)cc2)c2ccccc21. The molecule has 5 heteroatoms. The molecule has 0 saturated heterocycles. The van der Waals surface area contributed by atoms with Crippen molar-refractivity contribution in [2.75, 3.05) is 0 Å². The third kappa shape index (κ3) is 2.21. The van der Waals surface area contributed by atoms with Gasteiger partial charge in [0, 0.05) is 7.05 Å². The highest BCUT2D eigenvalue weighted by atomic mass is 16.2. The Kier molecular flexibility index (Phi) is 3.36. The largest absolute Gasteiger partial charge is 0.317 e. The van der Waals surface area contributed by atoms with Gasteiger partial charge in [-0.2, -0.15) is 5.26 Å². The van der Waals surface area contributed by atoms with E-state index in [1.54, 1.807) is 31.3 Å².